The lowest BCUT2D eigenvalue weighted by Crippen LogP contribution is -2.00. The third-order valence-electron chi connectivity index (χ3n) is 2.14. The van der Waals surface area contributed by atoms with E-state index in [-0.39, 0.29) is 0 Å². The first-order chi connectivity index (χ1) is 6.66. The van der Waals surface area contributed by atoms with Crippen molar-refractivity contribution in [3.8, 4) is 5.69 Å². The summed E-state index contributed by atoms with van der Waals surface area (Å²) in [4.78, 5) is 0. The zero-order chi connectivity index (χ0) is 10.1. The third kappa shape index (κ3) is 1.48. The lowest BCUT2D eigenvalue weighted by Gasteiger charge is -2.05. The fourth-order valence-corrected chi connectivity index (χ4v) is 1.43. The average Bonchev–Trinajstić information content (AvgIpc) is 2.51. The fourth-order valence-electron chi connectivity index (χ4n) is 1.43. The first-order valence-electron chi connectivity index (χ1n) is 4.54. The summed E-state index contributed by atoms with van der Waals surface area (Å²) in [6, 6.07) is 5.96. The first-order valence-corrected chi connectivity index (χ1v) is 4.54. The normalized spacial score (nSPS) is 10.4. The number of hydrogen-bond donors (Lipinski definition) is 1. The van der Waals surface area contributed by atoms with Crippen LogP contribution >= 0.6 is 0 Å². The highest BCUT2D eigenvalue weighted by Gasteiger charge is 2.02. The van der Waals surface area contributed by atoms with E-state index < -0.39 is 0 Å². The molecule has 14 heavy (non-hydrogen) atoms. The van der Waals surface area contributed by atoms with Crippen LogP contribution in [0.25, 0.3) is 5.69 Å². The van der Waals surface area contributed by atoms with Crippen molar-refractivity contribution in [3.05, 3.63) is 41.7 Å². The third-order valence-corrected chi connectivity index (χ3v) is 2.14. The van der Waals surface area contributed by atoms with Gasteiger partial charge in [0.25, 0.3) is 0 Å². The number of nitrogens with zero attached hydrogens (tertiary/aromatic N) is 2. The summed E-state index contributed by atoms with van der Waals surface area (Å²) in [6.45, 7) is 4.03. The monoisotopic (exact) mass is 187 g/mol. The van der Waals surface area contributed by atoms with Gasteiger partial charge in [0.15, 0.2) is 0 Å². The Kier molecular flexibility index (Phi) is 2.00. The maximum atomic E-state index is 5.90. The molecule has 0 aliphatic rings. The molecule has 2 aromatic rings. The Morgan fingerprint density at radius 1 is 1.21 bits per heavy atom. The molecule has 0 unspecified atom stereocenters. The summed E-state index contributed by atoms with van der Waals surface area (Å²) < 4.78 is 1.80. The Bertz CT molecular complexity index is 457. The summed E-state index contributed by atoms with van der Waals surface area (Å²) in [6.07, 6.45) is 3.78. The van der Waals surface area contributed by atoms with E-state index in [1.54, 1.807) is 4.68 Å². The zero-order valence-electron chi connectivity index (χ0n) is 8.36. The topological polar surface area (TPSA) is 43.8 Å². The Morgan fingerprint density at radius 3 is 2.57 bits per heavy atom. The molecule has 0 fully saturated rings. The molecule has 0 saturated carbocycles. The standard InChI is InChI=1S/C11H13N3/c1-8-3-4-11(10(12)5-8)14-7-9(2)6-13-14/h3-7H,12H2,1-2H3. The Hall–Kier alpha value is -1.77. The van der Waals surface area contributed by atoms with Crippen molar-refractivity contribution in [3.63, 3.8) is 0 Å². The second-order valence-electron chi connectivity index (χ2n) is 3.52. The molecule has 0 radical (unpaired) electrons. The Labute approximate surface area is 83.2 Å². The quantitative estimate of drug-likeness (QED) is 0.694. The summed E-state index contributed by atoms with van der Waals surface area (Å²) >= 11 is 0. The number of nitrogens with two attached hydrogens (primary N) is 1. The lowest BCUT2D eigenvalue weighted by atomic mass is 10.2. The van der Waals surface area contributed by atoms with E-state index in [2.05, 4.69) is 5.10 Å². The Balaban J connectivity index is 2.52. The predicted molar refractivity (Wildman–Crippen MR) is 57.5 cm³/mol. The number of nitrogen functional groups attached to an aromatic ring is 1. The van der Waals surface area contributed by atoms with Gasteiger partial charge < -0.3 is 5.73 Å². The molecule has 0 bridgehead atoms. The minimum absolute atomic E-state index is 0.758. The summed E-state index contributed by atoms with van der Waals surface area (Å²) in [7, 11) is 0. The van der Waals surface area contributed by atoms with Crippen LogP contribution in [0.4, 0.5) is 5.69 Å². The minimum atomic E-state index is 0.758. The van der Waals surface area contributed by atoms with Gasteiger partial charge in [0.1, 0.15) is 0 Å². The maximum Gasteiger partial charge on any atom is 0.0875 e. The van der Waals surface area contributed by atoms with Crippen molar-refractivity contribution < 1.29 is 0 Å². The molecule has 0 aliphatic heterocycles. The molecule has 0 atom stereocenters. The van der Waals surface area contributed by atoms with E-state index in [1.807, 2.05) is 44.4 Å². The number of aryl methyl sites for hydroxylation is 2. The van der Waals surface area contributed by atoms with E-state index in [1.165, 1.54) is 0 Å². The van der Waals surface area contributed by atoms with Crippen molar-refractivity contribution in [2.24, 2.45) is 0 Å². The summed E-state index contributed by atoms with van der Waals surface area (Å²) in [5.41, 5.74) is 9.89. The van der Waals surface area contributed by atoms with E-state index in [4.69, 9.17) is 5.73 Å². The average molecular weight is 187 g/mol. The highest BCUT2D eigenvalue weighted by Crippen LogP contribution is 2.17. The Morgan fingerprint density at radius 2 is 2.00 bits per heavy atom. The smallest absolute Gasteiger partial charge is 0.0875 e. The molecule has 2 N–H and O–H groups in total. The first kappa shape index (κ1) is 8.81. The van der Waals surface area contributed by atoms with Crippen LogP contribution in [0.2, 0.25) is 0 Å². The molecule has 3 nitrogen and oxygen atoms in total. The molecule has 72 valence electrons. The number of aromatic nitrogens is 2. The lowest BCUT2D eigenvalue weighted by molar-refractivity contribution is 0.882. The number of hydrogen-bond acceptors (Lipinski definition) is 2. The van der Waals surface area contributed by atoms with Gasteiger partial charge in [-0.2, -0.15) is 5.10 Å². The van der Waals surface area contributed by atoms with Gasteiger partial charge in [0.2, 0.25) is 0 Å². The molecule has 0 amide bonds. The highest BCUT2D eigenvalue weighted by molar-refractivity contribution is 5.58. The van der Waals surface area contributed by atoms with Gasteiger partial charge in [-0.1, -0.05) is 6.07 Å². The molecule has 0 aliphatic carbocycles. The van der Waals surface area contributed by atoms with E-state index in [9.17, 15) is 0 Å². The largest absolute Gasteiger partial charge is 0.397 e. The van der Waals surface area contributed by atoms with Crippen LogP contribution in [-0.4, -0.2) is 9.78 Å². The van der Waals surface area contributed by atoms with Crippen LogP contribution in [0.3, 0.4) is 0 Å². The molecular formula is C11H13N3. The van der Waals surface area contributed by atoms with Gasteiger partial charge in [-0.05, 0) is 37.1 Å². The van der Waals surface area contributed by atoms with Crippen molar-refractivity contribution in [1.82, 2.24) is 9.78 Å². The van der Waals surface area contributed by atoms with Crippen molar-refractivity contribution >= 4 is 5.69 Å². The fraction of sp³-hybridized carbons (Fsp3) is 0.182. The molecule has 1 aromatic carbocycles. The van der Waals surface area contributed by atoms with Crippen LogP contribution in [0.5, 0.6) is 0 Å². The van der Waals surface area contributed by atoms with Crippen molar-refractivity contribution in [2.45, 2.75) is 13.8 Å². The van der Waals surface area contributed by atoms with Gasteiger partial charge in [-0.15, -0.1) is 0 Å². The number of anilines is 1. The zero-order valence-corrected chi connectivity index (χ0v) is 8.36. The molecule has 3 heteroatoms. The van der Waals surface area contributed by atoms with Gasteiger partial charge in [0.05, 0.1) is 17.6 Å². The molecule has 0 saturated heterocycles. The van der Waals surface area contributed by atoms with Crippen LogP contribution in [0.15, 0.2) is 30.6 Å². The van der Waals surface area contributed by atoms with Gasteiger partial charge >= 0.3 is 0 Å². The molecule has 0 spiro atoms. The minimum Gasteiger partial charge on any atom is -0.397 e. The van der Waals surface area contributed by atoms with Crippen molar-refractivity contribution in [2.75, 3.05) is 5.73 Å². The molecular weight excluding hydrogens is 174 g/mol. The molecule has 1 aromatic heterocycles. The van der Waals surface area contributed by atoms with Gasteiger partial charge in [0, 0.05) is 6.20 Å². The SMILES string of the molecule is Cc1ccc(-n2cc(C)cn2)c(N)c1. The van der Waals surface area contributed by atoms with E-state index in [0.29, 0.717) is 0 Å². The van der Waals surface area contributed by atoms with Crippen LogP contribution < -0.4 is 5.73 Å². The van der Waals surface area contributed by atoms with Crippen LogP contribution in [0.1, 0.15) is 11.1 Å². The predicted octanol–water partition coefficient (Wildman–Crippen LogP) is 2.07. The van der Waals surface area contributed by atoms with E-state index >= 15 is 0 Å². The molecule has 1 heterocycles. The maximum absolute atomic E-state index is 5.90. The van der Waals surface area contributed by atoms with Crippen LogP contribution in [0, 0.1) is 13.8 Å². The van der Waals surface area contributed by atoms with Gasteiger partial charge in [-0.3, -0.25) is 0 Å². The van der Waals surface area contributed by atoms with E-state index in [0.717, 1.165) is 22.5 Å². The van der Waals surface area contributed by atoms with Crippen molar-refractivity contribution in [1.29, 1.82) is 0 Å². The molecule has 2 rings (SSSR count). The highest BCUT2D eigenvalue weighted by atomic mass is 15.3. The van der Waals surface area contributed by atoms with Crippen LogP contribution in [-0.2, 0) is 0 Å². The van der Waals surface area contributed by atoms with Gasteiger partial charge in [-0.25, -0.2) is 4.68 Å². The number of rotatable bonds is 1. The second kappa shape index (κ2) is 3.18. The summed E-state index contributed by atoms with van der Waals surface area (Å²) in [5, 5.41) is 4.21. The second-order valence-corrected chi connectivity index (χ2v) is 3.52. The summed E-state index contributed by atoms with van der Waals surface area (Å²) in [5.74, 6) is 0. The number of benzene rings is 1.